The fraction of sp³-hybridized carbons (Fsp3) is 0.429. The van der Waals surface area contributed by atoms with Crippen molar-refractivity contribution in [1.29, 1.82) is 0 Å². The van der Waals surface area contributed by atoms with Crippen LogP contribution in [0.15, 0.2) is 48.5 Å². The van der Waals surface area contributed by atoms with Crippen LogP contribution < -0.4 is 10.2 Å². The van der Waals surface area contributed by atoms with Gasteiger partial charge in [0.1, 0.15) is 5.82 Å². The van der Waals surface area contributed by atoms with Crippen LogP contribution in [0.5, 0.6) is 0 Å². The molecule has 4 rings (SSSR count). The predicted molar refractivity (Wildman–Crippen MR) is 169 cm³/mol. The molecular formula is C35H42FN3O5. The molecule has 0 radical (unpaired) electrons. The molecule has 2 heterocycles. The van der Waals surface area contributed by atoms with Crippen LogP contribution in [0.1, 0.15) is 91.2 Å². The highest BCUT2D eigenvalue weighted by molar-refractivity contribution is 6.02. The molecule has 0 aliphatic carbocycles. The lowest BCUT2D eigenvalue weighted by atomic mass is 9.81. The van der Waals surface area contributed by atoms with Crippen LogP contribution in [-0.4, -0.2) is 53.0 Å². The minimum Gasteiger partial charge on any atom is -0.479 e. The number of piperidine rings is 1. The number of carbonyl (C=O) groups is 3. The van der Waals surface area contributed by atoms with Gasteiger partial charge >= 0.3 is 5.97 Å². The summed E-state index contributed by atoms with van der Waals surface area (Å²) in [5, 5.41) is 13.0. The van der Waals surface area contributed by atoms with Crippen LogP contribution in [0.3, 0.4) is 0 Å². The molecule has 0 bridgehead atoms. The number of aromatic nitrogens is 1. The third-order valence-electron chi connectivity index (χ3n) is 7.98. The number of hydrogen-bond acceptors (Lipinski definition) is 6. The van der Waals surface area contributed by atoms with E-state index >= 15 is 0 Å². The minimum absolute atomic E-state index is 0.176. The number of amides is 1. The molecule has 2 aromatic carbocycles. The fourth-order valence-electron chi connectivity index (χ4n) is 5.54. The van der Waals surface area contributed by atoms with E-state index < -0.39 is 29.4 Å². The first-order valence-corrected chi connectivity index (χ1v) is 14.9. The highest BCUT2D eigenvalue weighted by atomic mass is 19.1. The van der Waals surface area contributed by atoms with Crippen molar-refractivity contribution in [2.75, 3.05) is 24.5 Å². The zero-order valence-electron chi connectivity index (χ0n) is 26.6. The van der Waals surface area contributed by atoms with E-state index in [0.29, 0.717) is 22.4 Å². The molecule has 9 heteroatoms. The van der Waals surface area contributed by atoms with E-state index in [1.807, 2.05) is 46.8 Å². The van der Waals surface area contributed by atoms with E-state index in [9.17, 15) is 23.9 Å². The quantitative estimate of drug-likeness (QED) is 0.263. The van der Waals surface area contributed by atoms with Crippen molar-refractivity contribution in [3.8, 4) is 11.1 Å². The number of hydrogen-bond donors (Lipinski definition) is 2. The van der Waals surface area contributed by atoms with E-state index in [2.05, 4.69) is 24.1 Å². The molecule has 234 valence electrons. The summed E-state index contributed by atoms with van der Waals surface area (Å²) < 4.78 is 19.3. The Labute approximate surface area is 258 Å². The van der Waals surface area contributed by atoms with Gasteiger partial charge in [-0.3, -0.25) is 14.6 Å². The molecule has 1 unspecified atom stereocenters. The van der Waals surface area contributed by atoms with Gasteiger partial charge in [0.15, 0.2) is 11.9 Å². The molecule has 44 heavy (non-hydrogen) atoms. The van der Waals surface area contributed by atoms with Gasteiger partial charge in [0.25, 0.3) is 5.91 Å². The summed E-state index contributed by atoms with van der Waals surface area (Å²) in [6.45, 7) is 15.0. The van der Waals surface area contributed by atoms with E-state index in [4.69, 9.17) is 9.72 Å². The summed E-state index contributed by atoms with van der Waals surface area (Å²) in [6.07, 6.45) is 0.662. The van der Waals surface area contributed by atoms with Crippen molar-refractivity contribution in [2.24, 2.45) is 5.41 Å². The van der Waals surface area contributed by atoms with Crippen molar-refractivity contribution >= 4 is 23.3 Å². The average Bonchev–Trinajstić information content (AvgIpc) is 2.94. The Morgan fingerprint density at radius 2 is 1.55 bits per heavy atom. The van der Waals surface area contributed by atoms with Crippen molar-refractivity contribution in [1.82, 2.24) is 10.3 Å². The summed E-state index contributed by atoms with van der Waals surface area (Å²) in [6, 6.07) is 12.2. The second kappa shape index (κ2) is 12.9. The number of ketones is 1. The molecule has 1 fully saturated rings. The third kappa shape index (κ3) is 7.69. The van der Waals surface area contributed by atoms with Crippen molar-refractivity contribution in [3.63, 3.8) is 0 Å². The Morgan fingerprint density at radius 3 is 2.09 bits per heavy atom. The molecule has 3 aromatic rings. The summed E-state index contributed by atoms with van der Waals surface area (Å²) in [7, 11) is 0. The highest BCUT2D eigenvalue weighted by Crippen LogP contribution is 2.44. The number of anilines is 1. The number of Topliss-reactive ketones (excluding diaryl/α,β-unsaturated/α-hetero) is 1. The standard InChI is InChI=1S/C35H42FN3O5/c1-21-28(24-8-10-25(11-9-24)32(41)37-20-27(40)23-12-14-26(36)15-13-23)30(39-18-16-35(6,7)17-19-39)29(22(2)38-21)31(33(42)43)44-34(3,4)5/h8-15,31H,16-20H2,1-7H3,(H,37,41)(H,42,43). The first-order valence-electron chi connectivity index (χ1n) is 14.9. The second-order valence-electron chi connectivity index (χ2n) is 13.2. The van der Waals surface area contributed by atoms with Crippen LogP contribution >= 0.6 is 0 Å². The van der Waals surface area contributed by atoms with Crippen LogP contribution in [0, 0.1) is 25.1 Å². The molecule has 1 amide bonds. The van der Waals surface area contributed by atoms with Gasteiger partial charge in [0, 0.05) is 46.7 Å². The van der Waals surface area contributed by atoms with Crippen LogP contribution in [0.4, 0.5) is 10.1 Å². The third-order valence-corrected chi connectivity index (χ3v) is 7.98. The Kier molecular flexibility index (Phi) is 9.59. The number of ether oxygens (including phenoxy) is 1. The molecule has 0 spiro atoms. The maximum atomic E-state index is 13.2. The molecule has 8 nitrogen and oxygen atoms in total. The van der Waals surface area contributed by atoms with Gasteiger partial charge in [-0.1, -0.05) is 26.0 Å². The lowest BCUT2D eigenvalue weighted by Crippen LogP contribution is -2.39. The lowest BCUT2D eigenvalue weighted by molar-refractivity contribution is -0.160. The Morgan fingerprint density at radius 1 is 0.977 bits per heavy atom. The number of rotatable bonds is 9. The number of carboxylic acids is 1. The van der Waals surface area contributed by atoms with Crippen LogP contribution in [-0.2, 0) is 9.53 Å². The number of halogens is 1. The monoisotopic (exact) mass is 603 g/mol. The SMILES string of the molecule is Cc1nc(C)c(C(OC(C)(C)C)C(=O)O)c(N2CCC(C)(C)CC2)c1-c1ccc(C(=O)NCC(=O)c2ccc(F)cc2)cc1. The average molecular weight is 604 g/mol. The van der Waals surface area contributed by atoms with E-state index in [1.54, 1.807) is 12.1 Å². The number of carbonyl (C=O) groups excluding carboxylic acids is 2. The van der Waals surface area contributed by atoms with Crippen LogP contribution in [0.25, 0.3) is 11.1 Å². The Hall–Kier alpha value is -4.11. The smallest absolute Gasteiger partial charge is 0.337 e. The van der Waals surface area contributed by atoms with Gasteiger partial charge in [-0.05, 0) is 94.8 Å². The lowest BCUT2D eigenvalue weighted by Gasteiger charge is -2.41. The minimum atomic E-state index is -1.23. The number of nitrogens with one attached hydrogen (secondary N) is 1. The van der Waals surface area contributed by atoms with Gasteiger partial charge in [0.05, 0.1) is 17.8 Å². The van der Waals surface area contributed by atoms with Gasteiger partial charge in [0.2, 0.25) is 0 Å². The fourth-order valence-corrected chi connectivity index (χ4v) is 5.54. The first kappa shape index (κ1) is 32.8. The molecule has 0 saturated carbocycles. The van der Waals surface area contributed by atoms with Gasteiger partial charge < -0.3 is 20.1 Å². The van der Waals surface area contributed by atoms with Crippen molar-refractivity contribution in [2.45, 2.75) is 73.0 Å². The van der Waals surface area contributed by atoms with E-state index in [1.165, 1.54) is 24.3 Å². The number of nitrogens with zero attached hydrogens (tertiary/aromatic N) is 2. The zero-order valence-corrected chi connectivity index (χ0v) is 26.6. The largest absolute Gasteiger partial charge is 0.479 e. The molecule has 1 atom stereocenters. The van der Waals surface area contributed by atoms with Gasteiger partial charge in [-0.15, -0.1) is 0 Å². The maximum Gasteiger partial charge on any atom is 0.337 e. The summed E-state index contributed by atoms with van der Waals surface area (Å²) in [5.41, 5.74) is 4.39. The second-order valence-corrected chi connectivity index (χ2v) is 13.2. The number of benzene rings is 2. The highest BCUT2D eigenvalue weighted by Gasteiger charge is 2.36. The zero-order chi connectivity index (χ0) is 32.4. The number of aliphatic carboxylic acids is 1. The van der Waals surface area contributed by atoms with Gasteiger partial charge in [-0.2, -0.15) is 0 Å². The summed E-state index contributed by atoms with van der Waals surface area (Å²) in [4.78, 5) is 45.1. The van der Waals surface area contributed by atoms with E-state index in [-0.39, 0.29) is 17.7 Å². The molecule has 1 saturated heterocycles. The topological polar surface area (TPSA) is 109 Å². The normalized spacial score (nSPS) is 15.5. The number of aryl methyl sites for hydroxylation is 2. The first-order chi connectivity index (χ1) is 20.6. The Balaban J connectivity index is 1.71. The Bertz CT molecular complexity index is 1530. The van der Waals surface area contributed by atoms with Gasteiger partial charge in [-0.25, -0.2) is 9.18 Å². The van der Waals surface area contributed by atoms with Crippen molar-refractivity contribution < 1.29 is 28.6 Å². The van der Waals surface area contributed by atoms with E-state index in [0.717, 1.165) is 48.4 Å². The summed E-state index contributed by atoms with van der Waals surface area (Å²) in [5.74, 6) is -2.28. The molecular weight excluding hydrogens is 561 g/mol. The molecule has 1 aromatic heterocycles. The predicted octanol–water partition coefficient (Wildman–Crippen LogP) is 6.68. The maximum absolute atomic E-state index is 13.2. The molecule has 1 aliphatic rings. The number of carboxylic acid groups (broad SMARTS) is 1. The molecule has 2 N–H and O–H groups in total. The summed E-state index contributed by atoms with van der Waals surface area (Å²) >= 11 is 0. The molecule has 1 aliphatic heterocycles. The van der Waals surface area contributed by atoms with Crippen LogP contribution in [0.2, 0.25) is 0 Å². The van der Waals surface area contributed by atoms with Crippen molar-refractivity contribution in [3.05, 3.63) is 82.4 Å². The number of pyridine rings is 1.